The third-order valence-corrected chi connectivity index (χ3v) is 3.98. The first kappa shape index (κ1) is 15.4. The summed E-state index contributed by atoms with van der Waals surface area (Å²) in [5, 5.41) is 3.28. The Labute approximate surface area is 137 Å². The summed E-state index contributed by atoms with van der Waals surface area (Å²) in [6.45, 7) is 3.74. The van der Waals surface area contributed by atoms with Gasteiger partial charge in [-0.1, -0.05) is 29.8 Å². The molecule has 3 rings (SSSR count). The highest BCUT2D eigenvalue weighted by Crippen LogP contribution is 2.27. The molecule has 1 amide bonds. The first-order valence-electron chi connectivity index (χ1n) is 7.20. The zero-order valence-electron chi connectivity index (χ0n) is 12.8. The van der Waals surface area contributed by atoms with Crippen molar-refractivity contribution in [2.24, 2.45) is 0 Å². The molecule has 118 valence electrons. The van der Waals surface area contributed by atoms with Gasteiger partial charge in [-0.05, 0) is 43.2 Å². The molecule has 3 aromatic rings. The van der Waals surface area contributed by atoms with Gasteiger partial charge in [0.2, 0.25) is 5.91 Å². The average Bonchev–Trinajstić information content (AvgIpc) is 2.79. The van der Waals surface area contributed by atoms with Crippen molar-refractivity contribution in [2.75, 3.05) is 5.32 Å². The van der Waals surface area contributed by atoms with E-state index >= 15 is 0 Å². The van der Waals surface area contributed by atoms with Crippen LogP contribution in [0.2, 0.25) is 5.02 Å². The van der Waals surface area contributed by atoms with Crippen LogP contribution >= 0.6 is 11.6 Å². The van der Waals surface area contributed by atoms with E-state index in [1.807, 2.05) is 32.0 Å². The van der Waals surface area contributed by atoms with E-state index in [4.69, 9.17) is 11.6 Å². The summed E-state index contributed by atoms with van der Waals surface area (Å²) in [6.07, 6.45) is 0. The molecule has 6 heteroatoms. The predicted molar refractivity (Wildman–Crippen MR) is 92.1 cm³/mol. The number of hydrogen-bond donors (Lipinski definition) is 2. The van der Waals surface area contributed by atoms with E-state index in [0.717, 1.165) is 11.1 Å². The lowest BCUT2D eigenvalue weighted by molar-refractivity contribution is -0.116. The largest absolute Gasteiger partial charge is 0.326 e. The number of benzene rings is 2. The van der Waals surface area contributed by atoms with Gasteiger partial charge in [0.15, 0.2) is 0 Å². The molecule has 2 aromatic carbocycles. The summed E-state index contributed by atoms with van der Waals surface area (Å²) in [6, 6.07) is 11.0. The van der Waals surface area contributed by atoms with Crippen molar-refractivity contribution in [3.05, 3.63) is 63.0 Å². The molecular weight excluding hydrogens is 314 g/mol. The number of H-pyrrole nitrogens is 1. The molecular formula is C17H16ClN3O2. The van der Waals surface area contributed by atoms with Crippen LogP contribution in [0.15, 0.2) is 41.2 Å². The topological polar surface area (TPSA) is 66.9 Å². The highest BCUT2D eigenvalue weighted by Gasteiger charge is 2.13. The first-order chi connectivity index (χ1) is 11.0. The zero-order valence-corrected chi connectivity index (χ0v) is 13.6. The zero-order chi connectivity index (χ0) is 16.6. The van der Waals surface area contributed by atoms with Gasteiger partial charge >= 0.3 is 5.69 Å². The monoisotopic (exact) mass is 329 g/mol. The van der Waals surface area contributed by atoms with Crippen molar-refractivity contribution < 1.29 is 4.79 Å². The van der Waals surface area contributed by atoms with Crippen molar-refractivity contribution in [3.8, 4) is 0 Å². The molecule has 0 spiro atoms. The Morgan fingerprint density at radius 3 is 2.74 bits per heavy atom. The number of para-hydroxylation sites is 2. The number of nitrogens with one attached hydrogen (secondary N) is 2. The Morgan fingerprint density at radius 2 is 2.00 bits per heavy atom. The van der Waals surface area contributed by atoms with Crippen LogP contribution in [-0.4, -0.2) is 15.5 Å². The average molecular weight is 330 g/mol. The van der Waals surface area contributed by atoms with Crippen LogP contribution in [0.4, 0.5) is 5.69 Å². The minimum Gasteiger partial charge on any atom is -0.323 e. The molecule has 0 saturated carbocycles. The first-order valence-corrected chi connectivity index (χ1v) is 7.57. The Hall–Kier alpha value is -2.53. The summed E-state index contributed by atoms with van der Waals surface area (Å²) in [5.41, 5.74) is 3.57. The molecule has 23 heavy (non-hydrogen) atoms. The van der Waals surface area contributed by atoms with Crippen LogP contribution in [-0.2, 0) is 11.3 Å². The molecule has 0 saturated heterocycles. The minimum atomic E-state index is -0.312. The van der Waals surface area contributed by atoms with Crippen molar-refractivity contribution in [1.82, 2.24) is 9.55 Å². The van der Waals surface area contributed by atoms with Crippen molar-refractivity contribution in [3.63, 3.8) is 0 Å². The number of carbonyl (C=O) groups excluding carboxylic acids is 1. The SMILES string of the molecule is Cc1cc(C)c(NC(=O)Cn2c(=O)[nH]c3ccccc32)c(Cl)c1. The Balaban J connectivity index is 1.88. The van der Waals surface area contributed by atoms with Crippen LogP contribution in [0.25, 0.3) is 11.0 Å². The summed E-state index contributed by atoms with van der Waals surface area (Å²) in [5.74, 6) is -0.300. The molecule has 0 bridgehead atoms. The molecule has 0 aliphatic carbocycles. The number of hydrogen-bond acceptors (Lipinski definition) is 2. The van der Waals surface area contributed by atoms with Crippen molar-refractivity contribution >= 4 is 34.2 Å². The number of rotatable bonds is 3. The smallest absolute Gasteiger partial charge is 0.323 e. The molecule has 1 heterocycles. The van der Waals surface area contributed by atoms with E-state index < -0.39 is 0 Å². The number of anilines is 1. The molecule has 0 aliphatic rings. The third kappa shape index (κ3) is 3.00. The van der Waals surface area contributed by atoms with E-state index in [1.165, 1.54) is 4.57 Å². The highest BCUT2D eigenvalue weighted by atomic mass is 35.5. The second kappa shape index (κ2) is 5.93. The molecule has 0 atom stereocenters. The minimum absolute atomic E-state index is 0.0769. The molecule has 1 aromatic heterocycles. The van der Waals surface area contributed by atoms with Gasteiger partial charge in [-0.25, -0.2) is 4.79 Å². The van der Waals surface area contributed by atoms with Gasteiger partial charge in [0, 0.05) is 0 Å². The van der Waals surface area contributed by atoms with Gasteiger partial charge in [-0.3, -0.25) is 9.36 Å². The Bertz CT molecular complexity index is 933. The van der Waals surface area contributed by atoms with Gasteiger partial charge in [-0.2, -0.15) is 0 Å². The molecule has 0 radical (unpaired) electrons. The summed E-state index contributed by atoms with van der Waals surface area (Å²) >= 11 is 6.20. The van der Waals surface area contributed by atoms with Gasteiger partial charge in [0.1, 0.15) is 6.54 Å². The van der Waals surface area contributed by atoms with Gasteiger partial charge in [-0.15, -0.1) is 0 Å². The lowest BCUT2D eigenvalue weighted by atomic mass is 10.1. The number of halogens is 1. The predicted octanol–water partition coefficient (Wildman–Crippen LogP) is 3.24. The highest BCUT2D eigenvalue weighted by molar-refractivity contribution is 6.34. The number of fused-ring (bicyclic) bond motifs is 1. The number of aryl methyl sites for hydroxylation is 2. The van der Waals surface area contributed by atoms with Crippen LogP contribution in [0.5, 0.6) is 0 Å². The second-order valence-electron chi connectivity index (χ2n) is 5.52. The Kier molecular flexibility index (Phi) is 3.96. The van der Waals surface area contributed by atoms with Crippen LogP contribution in [0.1, 0.15) is 11.1 Å². The number of nitrogens with zero attached hydrogens (tertiary/aromatic N) is 1. The fourth-order valence-corrected chi connectivity index (χ4v) is 3.03. The van der Waals surface area contributed by atoms with E-state index in [1.54, 1.807) is 18.2 Å². The number of aromatic amines is 1. The fraction of sp³-hybridized carbons (Fsp3) is 0.176. The van der Waals surface area contributed by atoms with E-state index in [-0.39, 0.29) is 18.1 Å². The van der Waals surface area contributed by atoms with Gasteiger partial charge < -0.3 is 10.3 Å². The normalized spacial score (nSPS) is 10.9. The van der Waals surface area contributed by atoms with E-state index in [2.05, 4.69) is 10.3 Å². The summed E-state index contributed by atoms with van der Waals surface area (Å²) in [7, 11) is 0. The van der Waals surface area contributed by atoms with Gasteiger partial charge in [0.05, 0.1) is 21.7 Å². The summed E-state index contributed by atoms with van der Waals surface area (Å²) in [4.78, 5) is 27.1. The lowest BCUT2D eigenvalue weighted by Crippen LogP contribution is -2.26. The second-order valence-corrected chi connectivity index (χ2v) is 5.93. The maximum Gasteiger partial charge on any atom is 0.326 e. The number of imidazole rings is 1. The number of aromatic nitrogens is 2. The molecule has 0 unspecified atom stereocenters. The standard InChI is InChI=1S/C17H16ClN3O2/c1-10-7-11(2)16(12(18)8-10)20-15(22)9-21-14-6-4-3-5-13(14)19-17(21)23/h3-8H,9H2,1-2H3,(H,19,23)(H,20,22). The molecule has 5 nitrogen and oxygen atoms in total. The number of amides is 1. The summed E-state index contributed by atoms with van der Waals surface area (Å²) < 4.78 is 1.40. The van der Waals surface area contributed by atoms with Gasteiger partial charge in [0.25, 0.3) is 0 Å². The maximum absolute atomic E-state index is 12.3. The lowest BCUT2D eigenvalue weighted by Gasteiger charge is -2.12. The van der Waals surface area contributed by atoms with Crippen molar-refractivity contribution in [2.45, 2.75) is 20.4 Å². The van der Waals surface area contributed by atoms with Crippen LogP contribution in [0, 0.1) is 13.8 Å². The van der Waals surface area contributed by atoms with Crippen molar-refractivity contribution in [1.29, 1.82) is 0 Å². The third-order valence-electron chi connectivity index (χ3n) is 3.68. The van der Waals surface area contributed by atoms with E-state index in [0.29, 0.717) is 21.7 Å². The quantitative estimate of drug-likeness (QED) is 0.774. The van der Waals surface area contributed by atoms with Crippen LogP contribution < -0.4 is 11.0 Å². The van der Waals surface area contributed by atoms with E-state index in [9.17, 15) is 9.59 Å². The maximum atomic E-state index is 12.3. The molecule has 0 aliphatic heterocycles. The van der Waals surface area contributed by atoms with Crippen LogP contribution in [0.3, 0.4) is 0 Å². The molecule has 2 N–H and O–H groups in total. The Morgan fingerprint density at radius 1 is 1.26 bits per heavy atom. The fourth-order valence-electron chi connectivity index (χ4n) is 2.66. The molecule has 0 fully saturated rings. The number of carbonyl (C=O) groups is 1.